The molecular weight excluding hydrogens is 304 g/mol. The summed E-state index contributed by atoms with van der Waals surface area (Å²) in [4.78, 5) is 14.1. The van der Waals surface area contributed by atoms with Crippen LogP contribution in [0.1, 0.15) is 37.5 Å². The van der Waals surface area contributed by atoms with E-state index in [0.717, 1.165) is 30.6 Å². The molecule has 0 saturated heterocycles. The maximum Gasteiger partial charge on any atom is 0.234 e. The van der Waals surface area contributed by atoms with E-state index >= 15 is 0 Å². The van der Waals surface area contributed by atoms with Gasteiger partial charge >= 0.3 is 0 Å². The molecular formula is C19H26N2O3. The molecule has 0 aliphatic carbocycles. The summed E-state index contributed by atoms with van der Waals surface area (Å²) >= 11 is 0. The van der Waals surface area contributed by atoms with Gasteiger partial charge in [-0.1, -0.05) is 38.0 Å². The lowest BCUT2D eigenvalue weighted by atomic mass is 10.2. The molecule has 1 aromatic heterocycles. The van der Waals surface area contributed by atoms with E-state index in [1.807, 2.05) is 29.2 Å². The van der Waals surface area contributed by atoms with Gasteiger partial charge in [0.1, 0.15) is 11.5 Å². The van der Waals surface area contributed by atoms with E-state index in [1.54, 1.807) is 18.4 Å². The molecule has 0 aliphatic rings. The van der Waals surface area contributed by atoms with E-state index < -0.39 is 0 Å². The number of aromatic hydroxyl groups is 1. The molecule has 2 rings (SSSR count). The number of hydrogen-bond donors (Lipinski definition) is 2. The van der Waals surface area contributed by atoms with E-state index in [-0.39, 0.29) is 18.2 Å². The van der Waals surface area contributed by atoms with E-state index in [9.17, 15) is 9.90 Å². The Morgan fingerprint density at radius 1 is 1.17 bits per heavy atom. The van der Waals surface area contributed by atoms with Crippen molar-refractivity contribution in [3.05, 3.63) is 54.0 Å². The summed E-state index contributed by atoms with van der Waals surface area (Å²) in [6.45, 7) is 4.11. The van der Waals surface area contributed by atoms with Crippen LogP contribution in [-0.2, 0) is 17.9 Å². The van der Waals surface area contributed by atoms with Gasteiger partial charge in [-0.3, -0.25) is 9.69 Å². The quantitative estimate of drug-likeness (QED) is 0.656. The van der Waals surface area contributed by atoms with Gasteiger partial charge < -0.3 is 14.8 Å². The fourth-order valence-corrected chi connectivity index (χ4v) is 2.54. The lowest BCUT2D eigenvalue weighted by Crippen LogP contribution is -2.37. The van der Waals surface area contributed by atoms with Crippen LogP contribution >= 0.6 is 0 Å². The smallest absolute Gasteiger partial charge is 0.234 e. The van der Waals surface area contributed by atoms with Crippen LogP contribution < -0.4 is 5.32 Å². The molecule has 5 heteroatoms. The SMILES string of the molecule is CCCCCNC(=O)CN(Cc1ccco1)Cc1ccccc1O. The van der Waals surface area contributed by atoms with Crippen molar-refractivity contribution < 1.29 is 14.3 Å². The zero-order valence-electron chi connectivity index (χ0n) is 14.2. The van der Waals surface area contributed by atoms with E-state index in [1.165, 1.54) is 0 Å². The van der Waals surface area contributed by atoms with Crippen LogP contribution in [-0.4, -0.2) is 29.0 Å². The molecule has 1 aromatic carbocycles. The van der Waals surface area contributed by atoms with Gasteiger partial charge in [0, 0.05) is 18.7 Å². The molecule has 0 unspecified atom stereocenters. The third-order valence-electron chi connectivity index (χ3n) is 3.81. The summed E-state index contributed by atoms with van der Waals surface area (Å²) in [5, 5.41) is 12.9. The third kappa shape index (κ3) is 6.08. The van der Waals surface area contributed by atoms with Crippen molar-refractivity contribution in [2.75, 3.05) is 13.1 Å². The average molecular weight is 330 g/mol. The molecule has 0 spiro atoms. The number of phenols is 1. The van der Waals surface area contributed by atoms with Crippen molar-refractivity contribution >= 4 is 5.91 Å². The maximum absolute atomic E-state index is 12.2. The zero-order chi connectivity index (χ0) is 17.2. The van der Waals surface area contributed by atoms with Crippen LogP contribution in [0, 0.1) is 0 Å². The molecule has 0 radical (unpaired) electrons. The van der Waals surface area contributed by atoms with Crippen molar-refractivity contribution in [1.82, 2.24) is 10.2 Å². The minimum atomic E-state index is -0.00641. The Labute approximate surface area is 143 Å². The number of furan rings is 1. The lowest BCUT2D eigenvalue weighted by Gasteiger charge is -2.21. The summed E-state index contributed by atoms with van der Waals surface area (Å²) in [5.74, 6) is 1.03. The molecule has 1 heterocycles. The number of hydrogen-bond acceptors (Lipinski definition) is 4. The predicted octanol–water partition coefficient (Wildman–Crippen LogP) is 3.29. The highest BCUT2D eigenvalue weighted by atomic mass is 16.3. The van der Waals surface area contributed by atoms with Crippen LogP contribution in [0.5, 0.6) is 5.75 Å². The number of carbonyl (C=O) groups is 1. The molecule has 24 heavy (non-hydrogen) atoms. The summed E-state index contributed by atoms with van der Waals surface area (Å²) in [5.41, 5.74) is 0.794. The first-order valence-electron chi connectivity index (χ1n) is 8.47. The monoisotopic (exact) mass is 330 g/mol. The molecule has 130 valence electrons. The van der Waals surface area contributed by atoms with Crippen molar-refractivity contribution in [3.8, 4) is 5.75 Å². The second-order valence-corrected chi connectivity index (χ2v) is 5.91. The van der Waals surface area contributed by atoms with E-state index in [0.29, 0.717) is 19.6 Å². The average Bonchev–Trinajstić information content (AvgIpc) is 3.07. The lowest BCUT2D eigenvalue weighted by molar-refractivity contribution is -0.122. The number of nitrogens with one attached hydrogen (secondary N) is 1. The first kappa shape index (κ1) is 18.1. The van der Waals surface area contributed by atoms with Crippen LogP contribution in [0.4, 0.5) is 0 Å². The standard InChI is InChI=1S/C19H26N2O3/c1-2-3-6-11-20-19(23)15-21(14-17-9-7-12-24-17)13-16-8-4-5-10-18(16)22/h4-5,7-10,12,22H,2-3,6,11,13-15H2,1H3,(H,20,23). The van der Waals surface area contributed by atoms with Crippen molar-refractivity contribution in [2.45, 2.75) is 39.3 Å². The summed E-state index contributed by atoms with van der Waals surface area (Å²) in [6.07, 6.45) is 4.88. The molecule has 1 amide bonds. The normalized spacial score (nSPS) is 10.9. The minimum Gasteiger partial charge on any atom is -0.508 e. The fraction of sp³-hybridized carbons (Fsp3) is 0.421. The van der Waals surface area contributed by atoms with Gasteiger partial charge in [-0.2, -0.15) is 0 Å². The van der Waals surface area contributed by atoms with Crippen LogP contribution in [0.15, 0.2) is 47.1 Å². The number of nitrogens with zero attached hydrogens (tertiary/aromatic N) is 1. The van der Waals surface area contributed by atoms with Crippen LogP contribution in [0.3, 0.4) is 0 Å². The number of amides is 1. The van der Waals surface area contributed by atoms with Crippen LogP contribution in [0.2, 0.25) is 0 Å². The number of carbonyl (C=O) groups excluding carboxylic acids is 1. The Morgan fingerprint density at radius 2 is 2.00 bits per heavy atom. The van der Waals surface area contributed by atoms with Gasteiger partial charge in [-0.15, -0.1) is 0 Å². The summed E-state index contributed by atoms with van der Waals surface area (Å²) < 4.78 is 5.39. The predicted molar refractivity (Wildman–Crippen MR) is 93.5 cm³/mol. The summed E-state index contributed by atoms with van der Waals surface area (Å²) in [6, 6.07) is 10.9. The Morgan fingerprint density at radius 3 is 2.71 bits per heavy atom. The molecule has 2 aromatic rings. The van der Waals surface area contributed by atoms with Gasteiger partial charge in [0.25, 0.3) is 0 Å². The Balaban J connectivity index is 1.95. The second kappa shape index (κ2) is 9.78. The van der Waals surface area contributed by atoms with E-state index in [2.05, 4.69) is 12.2 Å². The Hall–Kier alpha value is -2.27. The molecule has 2 N–H and O–H groups in total. The molecule has 0 saturated carbocycles. The number of para-hydroxylation sites is 1. The van der Waals surface area contributed by atoms with Gasteiger partial charge in [0.05, 0.1) is 19.4 Å². The highest BCUT2D eigenvalue weighted by Gasteiger charge is 2.14. The highest BCUT2D eigenvalue weighted by molar-refractivity contribution is 5.77. The number of benzene rings is 1. The third-order valence-corrected chi connectivity index (χ3v) is 3.81. The number of phenolic OH excluding ortho intramolecular Hbond substituents is 1. The Bertz CT molecular complexity index is 611. The zero-order valence-corrected chi connectivity index (χ0v) is 14.2. The van der Waals surface area contributed by atoms with Crippen LogP contribution in [0.25, 0.3) is 0 Å². The van der Waals surface area contributed by atoms with Gasteiger partial charge in [-0.05, 0) is 24.6 Å². The summed E-state index contributed by atoms with van der Waals surface area (Å²) in [7, 11) is 0. The van der Waals surface area contributed by atoms with E-state index in [4.69, 9.17) is 4.42 Å². The van der Waals surface area contributed by atoms with Gasteiger partial charge in [0.2, 0.25) is 5.91 Å². The largest absolute Gasteiger partial charge is 0.508 e. The maximum atomic E-state index is 12.2. The van der Waals surface area contributed by atoms with Crippen molar-refractivity contribution in [3.63, 3.8) is 0 Å². The second-order valence-electron chi connectivity index (χ2n) is 5.91. The minimum absolute atomic E-state index is 0.00641. The number of unbranched alkanes of at least 4 members (excludes halogenated alkanes) is 2. The molecule has 0 aliphatic heterocycles. The highest BCUT2D eigenvalue weighted by Crippen LogP contribution is 2.19. The molecule has 0 fully saturated rings. The number of rotatable bonds is 10. The van der Waals surface area contributed by atoms with Crippen molar-refractivity contribution in [2.24, 2.45) is 0 Å². The molecule has 0 bridgehead atoms. The molecule has 0 atom stereocenters. The van der Waals surface area contributed by atoms with Crippen molar-refractivity contribution in [1.29, 1.82) is 0 Å². The van der Waals surface area contributed by atoms with Gasteiger partial charge in [-0.25, -0.2) is 0 Å². The molecule has 5 nitrogen and oxygen atoms in total. The topological polar surface area (TPSA) is 65.7 Å². The fourth-order valence-electron chi connectivity index (χ4n) is 2.54. The Kier molecular flexibility index (Phi) is 7.36. The first-order valence-corrected chi connectivity index (χ1v) is 8.47. The van der Waals surface area contributed by atoms with Gasteiger partial charge in [0.15, 0.2) is 0 Å². The first-order chi connectivity index (χ1) is 11.7.